The fourth-order valence-electron chi connectivity index (χ4n) is 3.92. The van der Waals surface area contributed by atoms with Crippen molar-refractivity contribution >= 4 is 23.3 Å². The molecule has 0 amide bonds. The molecule has 0 aliphatic carbocycles. The minimum atomic E-state index is 0. The van der Waals surface area contributed by atoms with Gasteiger partial charge in [-0.05, 0) is 85.0 Å². The summed E-state index contributed by atoms with van der Waals surface area (Å²) in [5, 5.41) is 0. The Morgan fingerprint density at radius 3 is 1.77 bits per heavy atom. The predicted octanol–water partition coefficient (Wildman–Crippen LogP) is 8.38. The van der Waals surface area contributed by atoms with Gasteiger partial charge in [0.2, 0.25) is 0 Å². The molecular weight excluding hydrogens is 423 g/mol. The van der Waals surface area contributed by atoms with Gasteiger partial charge in [-0.2, -0.15) is 0 Å². The van der Waals surface area contributed by atoms with Gasteiger partial charge in [-0.3, -0.25) is 9.98 Å². The van der Waals surface area contributed by atoms with Crippen molar-refractivity contribution in [3.63, 3.8) is 0 Å². The third-order valence-electron chi connectivity index (χ3n) is 5.83. The van der Waals surface area contributed by atoms with E-state index in [9.17, 15) is 0 Å². The molecule has 3 heteroatoms. The quantitative estimate of drug-likeness (QED) is 0.172. The third-order valence-corrected chi connectivity index (χ3v) is 5.83. The third kappa shape index (κ3) is 8.73. The molecule has 2 aromatic rings. The van der Waals surface area contributed by atoms with Gasteiger partial charge in [0.1, 0.15) is 0 Å². The van der Waals surface area contributed by atoms with Gasteiger partial charge in [-0.1, -0.05) is 66.0 Å². The van der Waals surface area contributed by atoms with Crippen LogP contribution in [0.5, 0.6) is 0 Å². The molecule has 0 radical (unpaired) electrons. The minimum absolute atomic E-state index is 0. The number of nitrogens with zero attached hydrogens (tertiary/aromatic N) is 2. The maximum atomic E-state index is 5.00. The fraction of sp³-hybridized carbons (Fsp3) is 0.500. The molecule has 172 valence electrons. The van der Waals surface area contributed by atoms with Gasteiger partial charge in [-0.15, -0.1) is 0 Å². The molecule has 2 rings (SSSR count). The number of aryl methyl sites for hydroxylation is 4. The monoisotopic (exact) mass is 462 g/mol. The molecule has 0 N–H and O–H groups in total. The van der Waals surface area contributed by atoms with Crippen molar-refractivity contribution in [1.29, 1.82) is 0 Å². The van der Waals surface area contributed by atoms with Crippen LogP contribution < -0.4 is 0 Å². The summed E-state index contributed by atoms with van der Waals surface area (Å²) in [6.07, 6.45) is 12.2. The molecule has 0 aliphatic rings. The van der Waals surface area contributed by atoms with E-state index in [1.54, 1.807) is 0 Å². The molecule has 0 aliphatic heterocycles. The Morgan fingerprint density at radius 1 is 0.677 bits per heavy atom. The molecular formula is C28H40N2Ni. The Hall–Kier alpha value is -1.73. The average Bonchev–Trinajstić information content (AvgIpc) is 2.79. The Bertz CT molecular complexity index is 852. The second-order valence-corrected chi connectivity index (χ2v) is 7.99. The van der Waals surface area contributed by atoms with Gasteiger partial charge in [0.15, 0.2) is 0 Å². The number of unbranched alkanes of at least 4 members (excludes halogenated alkanes) is 3. The van der Waals surface area contributed by atoms with E-state index in [-0.39, 0.29) is 16.5 Å². The van der Waals surface area contributed by atoms with Crippen LogP contribution in [0.4, 0.5) is 11.4 Å². The van der Waals surface area contributed by atoms with Crippen molar-refractivity contribution in [2.75, 3.05) is 0 Å². The SMILES string of the molecule is CCCCCCC(C=Nc1ccc(CC)c(CC)c1)=Nc1ccc(CC)c(CC)c1.[Ni]. The van der Waals surface area contributed by atoms with Crippen molar-refractivity contribution in [1.82, 2.24) is 0 Å². The van der Waals surface area contributed by atoms with Crippen LogP contribution in [0.2, 0.25) is 0 Å². The summed E-state index contributed by atoms with van der Waals surface area (Å²) >= 11 is 0. The van der Waals surface area contributed by atoms with Gasteiger partial charge >= 0.3 is 0 Å². The summed E-state index contributed by atoms with van der Waals surface area (Å²) in [6, 6.07) is 13.2. The molecule has 0 aromatic heterocycles. The smallest absolute Gasteiger partial charge is 0.0636 e. The summed E-state index contributed by atoms with van der Waals surface area (Å²) in [5.74, 6) is 0. The number of aliphatic imine (C=N–C) groups is 2. The summed E-state index contributed by atoms with van der Waals surface area (Å²) < 4.78 is 0. The Balaban J connectivity index is 0.00000480. The standard InChI is InChI=1S/C28H40N2.Ni/c1-6-11-12-13-14-28(30-27-18-16-23(8-3)25(10-5)20-27)21-29-26-17-15-22(7-2)24(9-4)19-26;/h15-21H,6-14H2,1-5H3;. The van der Waals surface area contributed by atoms with E-state index in [0.29, 0.717) is 0 Å². The van der Waals surface area contributed by atoms with Crippen molar-refractivity contribution in [3.05, 3.63) is 58.7 Å². The van der Waals surface area contributed by atoms with Gasteiger partial charge in [0, 0.05) is 22.7 Å². The van der Waals surface area contributed by atoms with Crippen LogP contribution in [0.15, 0.2) is 46.4 Å². The summed E-state index contributed by atoms with van der Waals surface area (Å²) in [7, 11) is 0. The maximum absolute atomic E-state index is 5.00. The first-order valence-electron chi connectivity index (χ1n) is 12.0. The maximum Gasteiger partial charge on any atom is 0.0636 e. The second-order valence-electron chi connectivity index (χ2n) is 7.99. The zero-order valence-corrected chi connectivity index (χ0v) is 21.1. The first-order chi connectivity index (χ1) is 14.6. The molecule has 0 bridgehead atoms. The Kier molecular flexibility index (Phi) is 13.3. The number of hydrogen-bond donors (Lipinski definition) is 0. The molecule has 0 fully saturated rings. The van der Waals surface area contributed by atoms with E-state index in [4.69, 9.17) is 9.98 Å². The summed E-state index contributed by atoms with van der Waals surface area (Å²) in [5.41, 5.74) is 8.82. The van der Waals surface area contributed by atoms with Crippen LogP contribution in [0.1, 0.15) is 89.0 Å². The molecule has 31 heavy (non-hydrogen) atoms. The number of hydrogen-bond acceptors (Lipinski definition) is 2. The molecule has 0 unspecified atom stereocenters. The zero-order chi connectivity index (χ0) is 21.8. The van der Waals surface area contributed by atoms with E-state index < -0.39 is 0 Å². The number of benzene rings is 2. The Morgan fingerprint density at radius 2 is 1.23 bits per heavy atom. The van der Waals surface area contributed by atoms with Crippen LogP contribution in [0.25, 0.3) is 0 Å². The van der Waals surface area contributed by atoms with Crippen molar-refractivity contribution < 1.29 is 16.5 Å². The van der Waals surface area contributed by atoms with Gasteiger partial charge in [0.05, 0.1) is 17.1 Å². The summed E-state index contributed by atoms with van der Waals surface area (Å²) in [4.78, 5) is 9.81. The first-order valence-corrected chi connectivity index (χ1v) is 12.0. The predicted molar refractivity (Wildman–Crippen MR) is 134 cm³/mol. The van der Waals surface area contributed by atoms with Crippen LogP contribution in [-0.4, -0.2) is 11.9 Å². The molecule has 0 atom stereocenters. The van der Waals surface area contributed by atoms with Crippen molar-refractivity contribution in [3.8, 4) is 0 Å². The second kappa shape index (κ2) is 15.1. The van der Waals surface area contributed by atoms with Gasteiger partial charge < -0.3 is 0 Å². The molecule has 2 aromatic carbocycles. The van der Waals surface area contributed by atoms with Crippen LogP contribution in [-0.2, 0) is 42.2 Å². The first kappa shape index (κ1) is 27.3. The van der Waals surface area contributed by atoms with Gasteiger partial charge in [0.25, 0.3) is 0 Å². The molecule has 0 saturated heterocycles. The van der Waals surface area contributed by atoms with Crippen LogP contribution in [0.3, 0.4) is 0 Å². The van der Waals surface area contributed by atoms with E-state index in [0.717, 1.165) is 49.2 Å². The Labute approximate surface area is 200 Å². The zero-order valence-electron chi connectivity index (χ0n) is 20.1. The van der Waals surface area contributed by atoms with E-state index >= 15 is 0 Å². The van der Waals surface area contributed by atoms with Gasteiger partial charge in [-0.25, -0.2) is 0 Å². The van der Waals surface area contributed by atoms with E-state index in [1.165, 1.54) is 47.9 Å². The van der Waals surface area contributed by atoms with E-state index in [2.05, 4.69) is 71.0 Å². The normalized spacial score (nSPS) is 11.7. The molecule has 2 nitrogen and oxygen atoms in total. The average molecular weight is 463 g/mol. The van der Waals surface area contributed by atoms with Crippen molar-refractivity contribution in [2.24, 2.45) is 9.98 Å². The fourth-order valence-corrected chi connectivity index (χ4v) is 3.92. The molecule has 0 heterocycles. The number of rotatable bonds is 12. The molecule has 0 spiro atoms. The minimum Gasteiger partial charge on any atom is -0.255 e. The van der Waals surface area contributed by atoms with Crippen LogP contribution in [0, 0.1) is 0 Å². The van der Waals surface area contributed by atoms with Crippen LogP contribution >= 0.6 is 0 Å². The topological polar surface area (TPSA) is 24.7 Å². The largest absolute Gasteiger partial charge is 0.255 e. The van der Waals surface area contributed by atoms with Crippen molar-refractivity contribution in [2.45, 2.75) is 92.4 Å². The van der Waals surface area contributed by atoms with E-state index in [1.807, 2.05) is 6.21 Å². The summed E-state index contributed by atoms with van der Waals surface area (Å²) in [6.45, 7) is 11.1. The molecule has 0 saturated carbocycles.